The van der Waals surface area contributed by atoms with Crippen molar-refractivity contribution in [1.29, 1.82) is 0 Å². The normalized spacial score (nSPS) is 16.3. The van der Waals surface area contributed by atoms with E-state index in [1.807, 2.05) is 24.3 Å². The average Bonchev–Trinajstić information content (AvgIpc) is 2.64. The lowest BCUT2D eigenvalue weighted by Gasteiger charge is -2.35. The Morgan fingerprint density at radius 3 is 2.58 bits per heavy atom. The van der Waals surface area contributed by atoms with Gasteiger partial charge in [0, 0.05) is 29.1 Å². The number of carbonyl (C=O) groups is 1. The van der Waals surface area contributed by atoms with Crippen LogP contribution in [0.5, 0.6) is 0 Å². The van der Waals surface area contributed by atoms with Crippen molar-refractivity contribution in [3.63, 3.8) is 0 Å². The van der Waals surface area contributed by atoms with Crippen LogP contribution in [0, 0.1) is 0 Å². The van der Waals surface area contributed by atoms with Crippen LogP contribution in [0.15, 0.2) is 46.9 Å². The van der Waals surface area contributed by atoms with Crippen LogP contribution in [0.1, 0.15) is 22.0 Å². The fraction of sp³-hybridized carbons (Fsp3) is 0.316. The zero-order valence-corrected chi connectivity index (χ0v) is 17.1. The van der Waals surface area contributed by atoms with Crippen LogP contribution in [0.3, 0.4) is 0 Å². The molecule has 3 rings (SSSR count). The Bertz CT molecular complexity index is 782. The molecule has 1 amide bonds. The first-order valence-corrected chi connectivity index (χ1v) is 9.90. The molecule has 1 aliphatic rings. The van der Waals surface area contributed by atoms with Gasteiger partial charge in [-0.2, -0.15) is 0 Å². The smallest absolute Gasteiger partial charge is 0.252 e. The summed E-state index contributed by atoms with van der Waals surface area (Å²) in [5.41, 5.74) is 1.45. The van der Waals surface area contributed by atoms with Crippen molar-refractivity contribution in [2.45, 2.75) is 6.04 Å². The molecule has 7 heteroatoms. The van der Waals surface area contributed by atoms with E-state index in [0.29, 0.717) is 35.4 Å². The number of hydrogen-bond donors (Lipinski definition) is 1. The zero-order chi connectivity index (χ0) is 18.5. The van der Waals surface area contributed by atoms with Gasteiger partial charge in [-0.1, -0.05) is 57.3 Å². The van der Waals surface area contributed by atoms with Gasteiger partial charge in [0.15, 0.2) is 0 Å². The lowest BCUT2D eigenvalue weighted by molar-refractivity contribution is 0.0162. The van der Waals surface area contributed by atoms with E-state index in [1.165, 1.54) is 0 Å². The molecule has 0 radical (unpaired) electrons. The Morgan fingerprint density at radius 1 is 1.15 bits per heavy atom. The Hall–Kier alpha value is -1.11. The maximum absolute atomic E-state index is 12.6. The number of nitrogens with one attached hydrogen (secondary N) is 1. The number of amides is 1. The van der Waals surface area contributed by atoms with Gasteiger partial charge in [-0.25, -0.2) is 0 Å². The standard InChI is InChI=1S/C19H19BrCl2N2O2/c20-13-5-6-15(17(22)11-13)19(25)23-12-18(24-7-9-26-10-8-24)14-3-1-2-4-16(14)21/h1-6,11,18H,7-10,12H2,(H,23,25). The molecule has 1 aliphatic heterocycles. The van der Waals surface area contributed by atoms with Crippen molar-refractivity contribution in [3.05, 3.63) is 68.1 Å². The fourth-order valence-corrected chi connectivity index (χ4v) is 4.05. The van der Waals surface area contributed by atoms with E-state index >= 15 is 0 Å². The number of benzene rings is 2. The molecule has 0 bridgehead atoms. The molecule has 0 aromatic heterocycles. The highest BCUT2D eigenvalue weighted by molar-refractivity contribution is 9.10. The van der Waals surface area contributed by atoms with Crippen molar-refractivity contribution in [2.24, 2.45) is 0 Å². The predicted octanol–water partition coefficient (Wildman–Crippen LogP) is 4.56. The minimum absolute atomic E-state index is 0.0224. The summed E-state index contributed by atoms with van der Waals surface area (Å²) < 4.78 is 6.29. The van der Waals surface area contributed by atoms with Crippen molar-refractivity contribution >= 4 is 45.0 Å². The number of ether oxygens (including phenoxy) is 1. The summed E-state index contributed by atoms with van der Waals surface area (Å²) in [5, 5.41) is 4.11. The summed E-state index contributed by atoms with van der Waals surface area (Å²) in [7, 11) is 0. The summed E-state index contributed by atoms with van der Waals surface area (Å²) in [6.07, 6.45) is 0. The Balaban J connectivity index is 1.77. The van der Waals surface area contributed by atoms with Crippen molar-refractivity contribution in [2.75, 3.05) is 32.8 Å². The third-order valence-corrected chi connectivity index (χ3v) is 5.53. The monoisotopic (exact) mass is 456 g/mol. The molecule has 2 aromatic carbocycles. The molecule has 2 aromatic rings. The van der Waals surface area contributed by atoms with Gasteiger partial charge in [0.1, 0.15) is 0 Å². The molecule has 0 aliphatic carbocycles. The minimum Gasteiger partial charge on any atom is -0.379 e. The highest BCUT2D eigenvalue weighted by Gasteiger charge is 2.25. The van der Waals surface area contributed by atoms with E-state index in [2.05, 4.69) is 26.1 Å². The van der Waals surface area contributed by atoms with E-state index in [1.54, 1.807) is 18.2 Å². The van der Waals surface area contributed by atoms with Crippen LogP contribution in [-0.2, 0) is 4.74 Å². The summed E-state index contributed by atoms with van der Waals surface area (Å²) in [5.74, 6) is -0.201. The first-order chi connectivity index (χ1) is 12.6. The SMILES string of the molecule is O=C(NCC(c1ccccc1Cl)N1CCOCC1)c1ccc(Br)cc1Cl. The number of nitrogens with zero attached hydrogens (tertiary/aromatic N) is 1. The maximum atomic E-state index is 12.6. The molecule has 0 saturated carbocycles. The van der Waals surface area contributed by atoms with E-state index in [4.69, 9.17) is 27.9 Å². The lowest BCUT2D eigenvalue weighted by atomic mass is 10.0. The third kappa shape index (κ3) is 4.78. The van der Waals surface area contributed by atoms with Crippen LogP contribution in [0.2, 0.25) is 10.0 Å². The number of carbonyl (C=O) groups excluding carboxylic acids is 1. The van der Waals surface area contributed by atoms with Gasteiger partial charge in [-0.3, -0.25) is 9.69 Å². The van der Waals surface area contributed by atoms with E-state index in [9.17, 15) is 4.79 Å². The quantitative estimate of drug-likeness (QED) is 0.715. The molecule has 4 nitrogen and oxygen atoms in total. The summed E-state index contributed by atoms with van der Waals surface area (Å²) in [6, 6.07) is 12.9. The second kappa shape index (κ2) is 9.20. The van der Waals surface area contributed by atoms with Gasteiger partial charge in [0.05, 0.1) is 29.8 Å². The van der Waals surface area contributed by atoms with Crippen LogP contribution in [0.4, 0.5) is 0 Å². The number of halogens is 3. The number of morpholine rings is 1. The Labute approximate surface area is 171 Å². The minimum atomic E-state index is -0.201. The van der Waals surface area contributed by atoms with Crippen LogP contribution >= 0.6 is 39.1 Å². The highest BCUT2D eigenvalue weighted by Crippen LogP contribution is 2.28. The molecule has 1 heterocycles. The third-order valence-electron chi connectivity index (χ3n) is 4.38. The average molecular weight is 458 g/mol. The zero-order valence-electron chi connectivity index (χ0n) is 14.1. The van der Waals surface area contributed by atoms with Gasteiger partial charge in [-0.15, -0.1) is 0 Å². The Kier molecular flexibility index (Phi) is 6.95. The molecule has 138 valence electrons. The fourth-order valence-electron chi connectivity index (χ4n) is 3.03. The molecular weight excluding hydrogens is 439 g/mol. The molecule has 1 fully saturated rings. The van der Waals surface area contributed by atoms with Crippen LogP contribution in [-0.4, -0.2) is 43.7 Å². The second-order valence-corrected chi connectivity index (χ2v) is 7.75. The van der Waals surface area contributed by atoms with Gasteiger partial charge in [0.2, 0.25) is 0 Å². The van der Waals surface area contributed by atoms with Gasteiger partial charge in [-0.05, 0) is 29.8 Å². The summed E-state index contributed by atoms with van der Waals surface area (Å²) in [4.78, 5) is 14.9. The van der Waals surface area contributed by atoms with E-state index < -0.39 is 0 Å². The number of hydrogen-bond acceptors (Lipinski definition) is 3. The summed E-state index contributed by atoms with van der Waals surface area (Å²) in [6.45, 7) is 3.38. The molecule has 1 unspecified atom stereocenters. The second-order valence-electron chi connectivity index (χ2n) is 6.02. The molecule has 26 heavy (non-hydrogen) atoms. The van der Waals surface area contributed by atoms with Gasteiger partial charge in [0.25, 0.3) is 5.91 Å². The van der Waals surface area contributed by atoms with Gasteiger partial charge >= 0.3 is 0 Å². The largest absolute Gasteiger partial charge is 0.379 e. The van der Waals surface area contributed by atoms with Crippen LogP contribution in [0.25, 0.3) is 0 Å². The van der Waals surface area contributed by atoms with Gasteiger partial charge < -0.3 is 10.1 Å². The van der Waals surface area contributed by atoms with E-state index in [0.717, 1.165) is 23.1 Å². The van der Waals surface area contributed by atoms with Crippen LogP contribution < -0.4 is 5.32 Å². The molecule has 1 atom stereocenters. The van der Waals surface area contributed by atoms with E-state index in [-0.39, 0.29) is 11.9 Å². The molecule has 1 saturated heterocycles. The lowest BCUT2D eigenvalue weighted by Crippen LogP contribution is -2.44. The topological polar surface area (TPSA) is 41.6 Å². The summed E-state index contributed by atoms with van der Waals surface area (Å²) >= 11 is 16.0. The Morgan fingerprint density at radius 2 is 1.88 bits per heavy atom. The molecular formula is C19H19BrCl2N2O2. The highest BCUT2D eigenvalue weighted by atomic mass is 79.9. The van der Waals surface area contributed by atoms with Crippen molar-refractivity contribution < 1.29 is 9.53 Å². The predicted molar refractivity (Wildman–Crippen MR) is 108 cm³/mol. The first-order valence-electron chi connectivity index (χ1n) is 8.35. The van der Waals surface area contributed by atoms with Crippen molar-refractivity contribution in [3.8, 4) is 0 Å². The van der Waals surface area contributed by atoms with Crippen molar-refractivity contribution in [1.82, 2.24) is 10.2 Å². The number of rotatable bonds is 5. The molecule has 0 spiro atoms. The first kappa shape index (κ1) is 19.6. The molecule has 1 N–H and O–H groups in total. The maximum Gasteiger partial charge on any atom is 0.252 e.